The second kappa shape index (κ2) is 5.27. The summed E-state index contributed by atoms with van der Waals surface area (Å²) >= 11 is 0. The lowest BCUT2D eigenvalue weighted by molar-refractivity contribution is -0.117. The maximum Gasteiger partial charge on any atom is 0.335 e. The molecule has 19 heavy (non-hydrogen) atoms. The van der Waals surface area contributed by atoms with Crippen molar-refractivity contribution in [1.29, 1.82) is 0 Å². The van der Waals surface area contributed by atoms with Gasteiger partial charge in [0.05, 0.1) is 23.5 Å². The Balaban J connectivity index is 2.41. The van der Waals surface area contributed by atoms with E-state index in [1.807, 2.05) is 4.90 Å². The number of nitrogens with two attached hydrogens (primary N) is 1. The number of nitrogens with zero attached hydrogens (tertiary/aromatic N) is 2. The molecule has 1 heterocycles. The normalized spacial score (nSPS) is 14.5. The van der Waals surface area contributed by atoms with Crippen molar-refractivity contribution in [2.24, 2.45) is 5.73 Å². The zero-order chi connectivity index (χ0) is 14.0. The third-order valence-corrected chi connectivity index (χ3v) is 3.26. The van der Waals surface area contributed by atoms with Crippen LogP contribution in [0.4, 0.5) is 11.4 Å². The molecule has 0 aliphatic carbocycles. The summed E-state index contributed by atoms with van der Waals surface area (Å²) < 4.78 is 0. The van der Waals surface area contributed by atoms with Crippen LogP contribution in [0.3, 0.4) is 0 Å². The van der Waals surface area contributed by atoms with Gasteiger partial charge in [-0.3, -0.25) is 4.79 Å². The molecule has 0 bridgehead atoms. The molecule has 0 aromatic heterocycles. The minimum Gasteiger partial charge on any atom is -0.478 e. The third kappa shape index (κ3) is 2.53. The summed E-state index contributed by atoms with van der Waals surface area (Å²) in [6.07, 6.45) is 0.758. The molecule has 102 valence electrons. The molecule has 6 nitrogen and oxygen atoms in total. The molecule has 2 rings (SSSR count). The Labute approximate surface area is 111 Å². The van der Waals surface area contributed by atoms with Gasteiger partial charge in [0, 0.05) is 13.6 Å². The molecule has 0 unspecified atom stereocenters. The van der Waals surface area contributed by atoms with Crippen molar-refractivity contribution in [2.75, 3.05) is 36.5 Å². The van der Waals surface area contributed by atoms with Gasteiger partial charge in [0.15, 0.2) is 0 Å². The number of rotatable bonds is 4. The second-order valence-electron chi connectivity index (χ2n) is 4.53. The first-order chi connectivity index (χ1) is 9.04. The Morgan fingerprint density at radius 1 is 1.42 bits per heavy atom. The van der Waals surface area contributed by atoms with Gasteiger partial charge in [-0.05, 0) is 31.2 Å². The van der Waals surface area contributed by atoms with E-state index in [9.17, 15) is 9.59 Å². The fourth-order valence-electron chi connectivity index (χ4n) is 2.16. The SMILES string of the molecule is CN1C(=O)CN(CCCN)c2cc(C(=O)O)ccc21. The minimum absolute atomic E-state index is 0.00686. The Kier molecular flexibility index (Phi) is 3.71. The van der Waals surface area contributed by atoms with E-state index in [1.54, 1.807) is 24.1 Å². The van der Waals surface area contributed by atoms with Crippen molar-refractivity contribution >= 4 is 23.3 Å². The summed E-state index contributed by atoms with van der Waals surface area (Å²) in [4.78, 5) is 26.4. The lowest BCUT2D eigenvalue weighted by atomic mass is 10.1. The van der Waals surface area contributed by atoms with Crippen molar-refractivity contribution in [3.05, 3.63) is 23.8 Å². The molecular formula is C13H17N3O3. The van der Waals surface area contributed by atoms with Gasteiger partial charge in [-0.1, -0.05) is 0 Å². The van der Waals surface area contributed by atoms with Gasteiger partial charge in [0.2, 0.25) is 5.91 Å². The average Bonchev–Trinajstić information content (AvgIpc) is 2.40. The Hall–Kier alpha value is -2.08. The fraction of sp³-hybridized carbons (Fsp3) is 0.385. The van der Waals surface area contributed by atoms with Gasteiger partial charge < -0.3 is 20.6 Å². The van der Waals surface area contributed by atoms with E-state index in [0.717, 1.165) is 17.8 Å². The Bertz CT molecular complexity index is 516. The number of carbonyl (C=O) groups is 2. The molecule has 1 aliphatic heterocycles. The molecule has 0 fully saturated rings. The smallest absolute Gasteiger partial charge is 0.335 e. The predicted molar refractivity (Wildman–Crippen MR) is 72.7 cm³/mol. The molecule has 3 N–H and O–H groups in total. The van der Waals surface area contributed by atoms with Crippen LogP contribution < -0.4 is 15.5 Å². The summed E-state index contributed by atoms with van der Waals surface area (Å²) in [5.74, 6) is -0.978. The van der Waals surface area contributed by atoms with Crippen molar-refractivity contribution in [2.45, 2.75) is 6.42 Å². The largest absolute Gasteiger partial charge is 0.478 e. The van der Waals surface area contributed by atoms with E-state index in [2.05, 4.69) is 0 Å². The van der Waals surface area contributed by atoms with Crippen molar-refractivity contribution in [3.8, 4) is 0 Å². The Morgan fingerprint density at radius 3 is 2.79 bits per heavy atom. The molecule has 1 aromatic carbocycles. The van der Waals surface area contributed by atoms with Gasteiger partial charge in [0.1, 0.15) is 0 Å². The van der Waals surface area contributed by atoms with E-state index in [4.69, 9.17) is 10.8 Å². The molecule has 0 spiro atoms. The monoisotopic (exact) mass is 263 g/mol. The zero-order valence-electron chi connectivity index (χ0n) is 10.8. The number of carboxylic acid groups (broad SMARTS) is 1. The fourth-order valence-corrected chi connectivity index (χ4v) is 2.16. The van der Waals surface area contributed by atoms with E-state index >= 15 is 0 Å². The lowest BCUT2D eigenvalue weighted by Gasteiger charge is -2.35. The first-order valence-electron chi connectivity index (χ1n) is 6.13. The summed E-state index contributed by atoms with van der Waals surface area (Å²) in [6.45, 7) is 1.44. The topological polar surface area (TPSA) is 86.9 Å². The number of hydrogen-bond donors (Lipinski definition) is 2. The van der Waals surface area contributed by atoms with E-state index < -0.39 is 5.97 Å². The van der Waals surface area contributed by atoms with Gasteiger partial charge in [-0.15, -0.1) is 0 Å². The number of likely N-dealkylation sites (N-methyl/N-ethyl adjacent to an activating group) is 1. The maximum atomic E-state index is 11.9. The van der Waals surface area contributed by atoms with Crippen LogP contribution in [0, 0.1) is 0 Å². The zero-order valence-corrected chi connectivity index (χ0v) is 10.8. The number of hydrogen-bond acceptors (Lipinski definition) is 4. The quantitative estimate of drug-likeness (QED) is 0.826. The standard InChI is InChI=1S/C13H17N3O3/c1-15-10-4-3-9(13(18)19)7-11(10)16(6-2-5-14)8-12(15)17/h3-4,7H,2,5-6,8,14H2,1H3,(H,18,19). The molecule has 6 heteroatoms. The van der Waals surface area contributed by atoms with Gasteiger partial charge in [-0.2, -0.15) is 0 Å². The Morgan fingerprint density at radius 2 is 2.16 bits per heavy atom. The minimum atomic E-state index is -0.971. The second-order valence-corrected chi connectivity index (χ2v) is 4.53. The maximum absolute atomic E-state index is 11.9. The number of carbonyl (C=O) groups excluding carboxylic acids is 1. The lowest BCUT2D eigenvalue weighted by Crippen LogP contribution is -2.44. The van der Waals surface area contributed by atoms with Crippen molar-refractivity contribution in [3.63, 3.8) is 0 Å². The molecule has 0 atom stereocenters. The van der Waals surface area contributed by atoms with Gasteiger partial charge in [0.25, 0.3) is 0 Å². The highest BCUT2D eigenvalue weighted by Gasteiger charge is 2.27. The van der Waals surface area contributed by atoms with Crippen LogP contribution in [0.5, 0.6) is 0 Å². The number of fused-ring (bicyclic) bond motifs is 1. The van der Waals surface area contributed by atoms with Crippen LogP contribution in [0.2, 0.25) is 0 Å². The summed E-state index contributed by atoms with van der Waals surface area (Å²) in [6, 6.07) is 4.79. The number of aromatic carboxylic acids is 1. The van der Waals surface area contributed by atoms with E-state index in [-0.39, 0.29) is 18.0 Å². The first kappa shape index (κ1) is 13.4. The van der Waals surface area contributed by atoms with E-state index in [1.165, 1.54) is 6.07 Å². The number of carboxylic acids is 1. The first-order valence-corrected chi connectivity index (χ1v) is 6.13. The molecule has 0 saturated heterocycles. The highest BCUT2D eigenvalue weighted by atomic mass is 16.4. The predicted octanol–water partition coefficient (Wildman–Crippen LogP) is 0.516. The molecule has 1 amide bonds. The van der Waals surface area contributed by atoms with Crippen LogP contribution in [-0.2, 0) is 4.79 Å². The summed E-state index contributed by atoms with van der Waals surface area (Å²) in [5.41, 5.74) is 7.22. The number of anilines is 2. The molecule has 1 aromatic rings. The highest BCUT2D eigenvalue weighted by molar-refractivity contribution is 6.04. The van der Waals surface area contributed by atoms with E-state index in [0.29, 0.717) is 13.1 Å². The van der Waals surface area contributed by atoms with Crippen LogP contribution in [-0.4, -0.2) is 43.7 Å². The number of benzene rings is 1. The van der Waals surface area contributed by atoms with Crippen molar-refractivity contribution < 1.29 is 14.7 Å². The molecule has 0 radical (unpaired) electrons. The van der Waals surface area contributed by atoms with Crippen LogP contribution >= 0.6 is 0 Å². The molecule has 1 aliphatic rings. The van der Waals surface area contributed by atoms with Crippen LogP contribution in [0.1, 0.15) is 16.8 Å². The number of amides is 1. The molecule has 0 saturated carbocycles. The van der Waals surface area contributed by atoms with Gasteiger partial charge >= 0.3 is 5.97 Å². The average molecular weight is 263 g/mol. The summed E-state index contributed by atoms with van der Waals surface area (Å²) in [7, 11) is 1.70. The molecular weight excluding hydrogens is 246 g/mol. The van der Waals surface area contributed by atoms with Crippen molar-refractivity contribution in [1.82, 2.24) is 0 Å². The van der Waals surface area contributed by atoms with Crippen LogP contribution in [0.25, 0.3) is 0 Å². The van der Waals surface area contributed by atoms with Gasteiger partial charge in [-0.25, -0.2) is 4.79 Å². The highest BCUT2D eigenvalue weighted by Crippen LogP contribution is 2.33. The third-order valence-electron chi connectivity index (χ3n) is 3.26. The van der Waals surface area contributed by atoms with Crippen LogP contribution in [0.15, 0.2) is 18.2 Å². The summed E-state index contributed by atoms with van der Waals surface area (Å²) in [5, 5.41) is 9.05.